The Morgan fingerprint density at radius 2 is 1.67 bits per heavy atom. The van der Waals surface area contributed by atoms with Gasteiger partial charge in [0.25, 0.3) is 0 Å². The fourth-order valence-electron chi connectivity index (χ4n) is 1.97. The van der Waals surface area contributed by atoms with Crippen molar-refractivity contribution >= 4 is 7.60 Å². The number of hydrogen-bond donors (Lipinski definition) is 4. The Balaban J connectivity index is 2.58. The minimum Gasteiger partial charge on any atom is -0.387 e. The highest BCUT2D eigenvalue weighted by Gasteiger charge is 2.45. The zero-order valence-electron chi connectivity index (χ0n) is 14.4. The third-order valence-corrected chi connectivity index (χ3v) is 5.39. The Labute approximate surface area is 142 Å². The molecule has 0 radical (unpaired) electrons. The number of aliphatic hydroxyl groups excluding tert-OH is 3. The summed E-state index contributed by atoms with van der Waals surface area (Å²) < 4.78 is 32.7. The number of rotatable bonds is 9. The quantitative estimate of drug-likeness (QED) is 0.322. The van der Waals surface area contributed by atoms with Crippen LogP contribution in [-0.4, -0.2) is 82.5 Å². The standard InChI is InChI=1S/C14H29O9P/c1-8(2)20-5-6-21-14-13(17)12(16)11(15)10(23-14)7-22-24(18,19)9(3)4/h8-17H,5-7H2,1-4H3,(H,18,19). The lowest BCUT2D eigenvalue weighted by atomic mass is 9.99. The van der Waals surface area contributed by atoms with Crippen LogP contribution in [0.4, 0.5) is 0 Å². The molecule has 1 fully saturated rings. The van der Waals surface area contributed by atoms with Gasteiger partial charge >= 0.3 is 7.60 Å². The lowest BCUT2D eigenvalue weighted by Crippen LogP contribution is -2.59. The van der Waals surface area contributed by atoms with Crippen molar-refractivity contribution in [3.8, 4) is 0 Å². The van der Waals surface area contributed by atoms with Gasteiger partial charge in [0.05, 0.1) is 31.6 Å². The minimum absolute atomic E-state index is 0.0223. The van der Waals surface area contributed by atoms with Crippen LogP contribution in [0, 0.1) is 0 Å². The largest absolute Gasteiger partial charge is 0.387 e. The van der Waals surface area contributed by atoms with E-state index in [0.717, 1.165) is 0 Å². The van der Waals surface area contributed by atoms with E-state index in [2.05, 4.69) is 0 Å². The summed E-state index contributed by atoms with van der Waals surface area (Å²) in [4.78, 5) is 9.65. The smallest absolute Gasteiger partial charge is 0.330 e. The summed E-state index contributed by atoms with van der Waals surface area (Å²) >= 11 is 0. The number of aliphatic hydroxyl groups is 3. The van der Waals surface area contributed by atoms with Gasteiger partial charge in [-0.25, -0.2) is 0 Å². The summed E-state index contributed by atoms with van der Waals surface area (Å²) in [6.45, 7) is 6.74. The molecule has 10 heteroatoms. The van der Waals surface area contributed by atoms with E-state index >= 15 is 0 Å². The maximum atomic E-state index is 11.8. The molecule has 9 nitrogen and oxygen atoms in total. The van der Waals surface area contributed by atoms with Gasteiger partial charge in [-0.3, -0.25) is 4.57 Å². The fourth-order valence-corrected chi connectivity index (χ4v) is 2.63. The number of hydrogen-bond acceptors (Lipinski definition) is 8. The van der Waals surface area contributed by atoms with Crippen LogP contribution in [0.25, 0.3) is 0 Å². The van der Waals surface area contributed by atoms with Gasteiger partial charge < -0.3 is 38.9 Å². The van der Waals surface area contributed by atoms with Crippen LogP contribution < -0.4 is 0 Å². The highest BCUT2D eigenvalue weighted by molar-refractivity contribution is 7.53. The van der Waals surface area contributed by atoms with Crippen molar-refractivity contribution in [2.45, 2.75) is 70.2 Å². The molecule has 0 aliphatic carbocycles. The lowest BCUT2D eigenvalue weighted by Gasteiger charge is -2.40. The van der Waals surface area contributed by atoms with Gasteiger partial charge in [-0.2, -0.15) is 0 Å². The van der Waals surface area contributed by atoms with Crippen molar-refractivity contribution in [3.05, 3.63) is 0 Å². The third-order valence-electron chi connectivity index (χ3n) is 3.56. The molecular formula is C14H29O9P. The Morgan fingerprint density at radius 1 is 1.04 bits per heavy atom. The first-order valence-corrected chi connectivity index (χ1v) is 9.60. The molecule has 6 unspecified atom stereocenters. The lowest BCUT2D eigenvalue weighted by molar-refractivity contribution is -0.301. The molecule has 0 saturated carbocycles. The molecule has 144 valence electrons. The van der Waals surface area contributed by atoms with Crippen LogP contribution in [0.1, 0.15) is 27.7 Å². The van der Waals surface area contributed by atoms with E-state index in [1.165, 1.54) is 13.8 Å². The predicted molar refractivity (Wildman–Crippen MR) is 84.6 cm³/mol. The van der Waals surface area contributed by atoms with Gasteiger partial charge in [0.1, 0.15) is 24.4 Å². The Bertz CT molecular complexity index is 417. The van der Waals surface area contributed by atoms with Crippen LogP contribution in [0.2, 0.25) is 0 Å². The molecule has 1 heterocycles. The molecule has 0 aromatic rings. The third kappa shape index (κ3) is 6.33. The first kappa shape index (κ1) is 22.0. The molecule has 0 aromatic heterocycles. The van der Waals surface area contributed by atoms with E-state index in [9.17, 15) is 24.8 Å². The van der Waals surface area contributed by atoms with Crippen LogP contribution in [0.15, 0.2) is 0 Å². The van der Waals surface area contributed by atoms with E-state index in [1.807, 2.05) is 13.8 Å². The molecule has 4 N–H and O–H groups in total. The van der Waals surface area contributed by atoms with Gasteiger partial charge in [0, 0.05) is 0 Å². The SMILES string of the molecule is CC(C)OCCOC1OC(COP(=O)(O)C(C)C)C(O)C(O)C1O. The molecule has 1 rings (SSSR count). The Morgan fingerprint density at radius 3 is 2.21 bits per heavy atom. The summed E-state index contributed by atoms with van der Waals surface area (Å²) in [5.74, 6) is 0. The first-order chi connectivity index (χ1) is 11.1. The summed E-state index contributed by atoms with van der Waals surface area (Å²) in [5, 5.41) is 29.7. The normalized spacial score (nSPS) is 33.8. The molecule has 0 bridgehead atoms. The molecule has 1 saturated heterocycles. The van der Waals surface area contributed by atoms with E-state index in [0.29, 0.717) is 0 Å². The first-order valence-electron chi connectivity index (χ1n) is 7.96. The molecule has 1 aliphatic rings. The number of ether oxygens (including phenoxy) is 3. The average molecular weight is 372 g/mol. The molecule has 0 amide bonds. The topological polar surface area (TPSA) is 135 Å². The second-order valence-corrected chi connectivity index (χ2v) is 8.68. The minimum atomic E-state index is -3.85. The summed E-state index contributed by atoms with van der Waals surface area (Å²) in [6.07, 6.45) is -6.75. The Kier molecular flexibility index (Phi) is 8.75. The van der Waals surface area contributed by atoms with Crippen molar-refractivity contribution in [1.82, 2.24) is 0 Å². The van der Waals surface area contributed by atoms with E-state index < -0.39 is 50.6 Å². The van der Waals surface area contributed by atoms with Crippen LogP contribution in [0.5, 0.6) is 0 Å². The molecule has 0 spiro atoms. The van der Waals surface area contributed by atoms with Gasteiger partial charge in [-0.15, -0.1) is 0 Å². The molecule has 0 aromatic carbocycles. The summed E-state index contributed by atoms with van der Waals surface area (Å²) in [6, 6.07) is 0. The van der Waals surface area contributed by atoms with Crippen molar-refractivity contribution in [3.63, 3.8) is 0 Å². The predicted octanol–water partition coefficient (Wildman–Crippen LogP) is -0.154. The van der Waals surface area contributed by atoms with E-state index in [4.69, 9.17) is 18.7 Å². The highest BCUT2D eigenvalue weighted by atomic mass is 31.2. The van der Waals surface area contributed by atoms with E-state index in [1.54, 1.807) is 0 Å². The second kappa shape index (κ2) is 9.56. The Hall–Kier alpha value is -0.0900. The van der Waals surface area contributed by atoms with Crippen molar-refractivity contribution < 1.29 is 43.5 Å². The van der Waals surface area contributed by atoms with Crippen LogP contribution in [0.3, 0.4) is 0 Å². The van der Waals surface area contributed by atoms with Crippen LogP contribution in [-0.2, 0) is 23.3 Å². The van der Waals surface area contributed by atoms with Gasteiger partial charge in [0.15, 0.2) is 6.29 Å². The van der Waals surface area contributed by atoms with Crippen molar-refractivity contribution in [2.75, 3.05) is 19.8 Å². The average Bonchev–Trinajstić information content (AvgIpc) is 2.49. The zero-order valence-corrected chi connectivity index (χ0v) is 15.3. The van der Waals surface area contributed by atoms with Gasteiger partial charge in [-0.1, -0.05) is 13.8 Å². The summed E-state index contributed by atoms with van der Waals surface area (Å²) in [7, 11) is -3.85. The van der Waals surface area contributed by atoms with Gasteiger partial charge in [0.2, 0.25) is 0 Å². The maximum Gasteiger partial charge on any atom is 0.330 e. The molecule has 24 heavy (non-hydrogen) atoms. The van der Waals surface area contributed by atoms with Gasteiger partial charge in [-0.05, 0) is 13.8 Å². The fraction of sp³-hybridized carbons (Fsp3) is 1.00. The van der Waals surface area contributed by atoms with E-state index in [-0.39, 0.29) is 19.3 Å². The van der Waals surface area contributed by atoms with Crippen LogP contribution >= 0.6 is 7.60 Å². The zero-order chi connectivity index (χ0) is 18.5. The molecule has 6 atom stereocenters. The highest BCUT2D eigenvalue weighted by Crippen LogP contribution is 2.47. The summed E-state index contributed by atoms with van der Waals surface area (Å²) in [5.41, 5.74) is -0.617. The molecule has 1 aliphatic heterocycles. The van der Waals surface area contributed by atoms with Crippen molar-refractivity contribution in [2.24, 2.45) is 0 Å². The second-order valence-electron chi connectivity index (χ2n) is 6.26. The monoisotopic (exact) mass is 372 g/mol. The van der Waals surface area contributed by atoms with Crippen molar-refractivity contribution in [1.29, 1.82) is 0 Å². The molecular weight excluding hydrogens is 343 g/mol. The maximum absolute atomic E-state index is 11.8.